The molecular weight excluding hydrogens is 443 g/mol. The van der Waals surface area contributed by atoms with Crippen molar-refractivity contribution in [1.29, 1.82) is 0 Å². The first-order valence-corrected chi connectivity index (χ1v) is 8.47. The molecule has 8 nitrogen and oxygen atoms in total. The molecule has 0 saturated heterocycles. The SMILES string of the molecule is COc1ccc(C(=O)CSc2nc3c([nH]2)c(=O)n(C)c(=O)n3C)c(F)c1.[Br-]. The molecule has 0 aliphatic carbocycles. The number of aromatic amines is 1. The number of carbonyl (C=O) groups excluding carboxylic acids is 1. The highest BCUT2D eigenvalue weighted by Crippen LogP contribution is 2.21. The van der Waals surface area contributed by atoms with Crippen LogP contribution in [0.2, 0.25) is 0 Å². The summed E-state index contributed by atoms with van der Waals surface area (Å²) in [5.74, 6) is -0.869. The van der Waals surface area contributed by atoms with Crippen LogP contribution in [-0.4, -0.2) is 37.7 Å². The number of imidazole rings is 1. The Morgan fingerprint density at radius 2 is 2.00 bits per heavy atom. The molecule has 0 bridgehead atoms. The molecule has 0 atom stereocenters. The maximum atomic E-state index is 14.0. The molecule has 0 spiro atoms. The highest BCUT2D eigenvalue weighted by molar-refractivity contribution is 7.99. The van der Waals surface area contributed by atoms with Crippen LogP contribution in [0.4, 0.5) is 4.39 Å². The van der Waals surface area contributed by atoms with Gasteiger partial charge in [-0.1, -0.05) is 11.8 Å². The Hall–Kier alpha value is -2.40. The molecule has 0 aliphatic heterocycles. The van der Waals surface area contributed by atoms with Gasteiger partial charge in [0.05, 0.1) is 18.4 Å². The summed E-state index contributed by atoms with van der Waals surface area (Å²) in [5, 5.41) is 0.292. The minimum Gasteiger partial charge on any atom is -1.00 e. The van der Waals surface area contributed by atoms with Crippen LogP contribution < -0.4 is 33.0 Å². The number of carbonyl (C=O) groups is 1. The van der Waals surface area contributed by atoms with E-state index in [9.17, 15) is 18.8 Å². The van der Waals surface area contributed by atoms with E-state index in [1.165, 1.54) is 37.9 Å². The third-order valence-electron chi connectivity index (χ3n) is 3.89. The van der Waals surface area contributed by atoms with E-state index in [0.29, 0.717) is 10.9 Å². The summed E-state index contributed by atoms with van der Waals surface area (Å²) in [6.07, 6.45) is 0. The number of ketones is 1. The fourth-order valence-corrected chi connectivity index (χ4v) is 3.18. The van der Waals surface area contributed by atoms with Crippen LogP contribution in [0.5, 0.6) is 5.75 Å². The zero-order valence-corrected chi connectivity index (χ0v) is 17.0. The third kappa shape index (κ3) is 3.83. The topological polar surface area (TPSA) is 99.0 Å². The van der Waals surface area contributed by atoms with Crippen molar-refractivity contribution >= 4 is 28.7 Å². The first-order valence-electron chi connectivity index (χ1n) is 7.48. The summed E-state index contributed by atoms with van der Waals surface area (Å²) in [5.41, 5.74) is -0.696. The standard InChI is InChI=1S/C16H15FN4O4S.BrH/c1-20-13-12(14(23)21(2)16(20)24)18-15(19-13)26-7-11(22)9-5-4-8(25-3)6-10(9)17;/h4-6H,7H2,1-3H3,(H,18,19);1H/p-1. The van der Waals surface area contributed by atoms with Crippen LogP contribution in [-0.2, 0) is 14.1 Å². The van der Waals surface area contributed by atoms with Gasteiger partial charge in [0.1, 0.15) is 11.6 Å². The van der Waals surface area contributed by atoms with Gasteiger partial charge in [0, 0.05) is 20.2 Å². The molecule has 2 aromatic heterocycles. The van der Waals surface area contributed by atoms with Gasteiger partial charge >= 0.3 is 5.69 Å². The fourth-order valence-electron chi connectivity index (χ4n) is 2.43. The lowest BCUT2D eigenvalue weighted by Crippen LogP contribution is -3.00. The van der Waals surface area contributed by atoms with E-state index in [2.05, 4.69) is 9.97 Å². The number of nitrogens with zero attached hydrogens (tertiary/aromatic N) is 3. The van der Waals surface area contributed by atoms with Crippen LogP contribution in [0, 0.1) is 5.82 Å². The molecular formula is C16H15BrFN4O4S-. The average molecular weight is 458 g/mol. The van der Waals surface area contributed by atoms with Gasteiger partial charge in [-0.05, 0) is 12.1 Å². The summed E-state index contributed by atoms with van der Waals surface area (Å²) in [4.78, 5) is 43.3. The lowest BCUT2D eigenvalue weighted by Gasteiger charge is -2.04. The second kappa shape index (κ2) is 8.09. The van der Waals surface area contributed by atoms with Crippen molar-refractivity contribution < 1.29 is 30.9 Å². The van der Waals surface area contributed by atoms with Crippen LogP contribution >= 0.6 is 11.8 Å². The summed E-state index contributed by atoms with van der Waals surface area (Å²) in [6, 6.07) is 4.00. The van der Waals surface area contributed by atoms with Gasteiger partial charge in [-0.2, -0.15) is 0 Å². The number of methoxy groups -OCH3 is 1. The van der Waals surface area contributed by atoms with E-state index in [-0.39, 0.29) is 39.5 Å². The molecule has 0 amide bonds. The highest BCUT2D eigenvalue weighted by Gasteiger charge is 2.17. The van der Waals surface area contributed by atoms with E-state index < -0.39 is 22.8 Å². The quantitative estimate of drug-likeness (QED) is 0.354. The largest absolute Gasteiger partial charge is 1.00 e. The normalized spacial score (nSPS) is 10.7. The highest BCUT2D eigenvalue weighted by atomic mass is 79.9. The number of ether oxygens (including phenoxy) is 1. The number of rotatable bonds is 5. The molecule has 1 aromatic carbocycles. The van der Waals surface area contributed by atoms with E-state index in [0.717, 1.165) is 22.4 Å². The van der Waals surface area contributed by atoms with Crippen LogP contribution in [0.15, 0.2) is 32.9 Å². The van der Waals surface area contributed by atoms with Crippen molar-refractivity contribution in [3.63, 3.8) is 0 Å². The van der Waals surface area contributed by atoms with Gasteiger partial charge < -0.3 is 26.7 Å². The molecule has 0 aliphatic rings. The molecule has 0 saturated carbocycles. The Morgan fingerprint density at radius 1 is 1.30 bits per heavy atom. The number of H-pyrrole nitrogens is 1. The van der Waals surface area contributed by atoms with Crippen molar-refractivity contribution in [3.05, 3.63) is 50.4 Å². The Morgan fingerprint density at radius 3 is 2.63 bits per heavy atom. The summed E-state index contributed by atoms with van der Waals surface area (Å²) in [7, 11) is 4.27. The van der Waals surface area contributed by atoms with Crippen LogP contribution in [0.25, 0.3) is 11.2 Å². The Balaban J connectivity index is 0.00000261. The molecule has 11 heteroatoms. The Bertz CT molecular complexity index is 1140. The second-order valence-electron chi connectivity index (χ2n) is 5.50. The monoisotopic (exact) mass is 457 g/mol. The first-order chi connectivity index (χ1) is 12.3. The molecule has 144 valence electrons. The molecule has 3 aromatic rings. The summed E-state index contributed by atoms with van der Waals surface area (Å²) < 4.78 is 21.1. The van der Waals surface area contributed by atoms with E-state index in [4.69, 9.17) is 4.74 Å². The zero-order valence-electron chi connectivity index (χ0n) is 14.6. The van der Waals surface area contributed by atoms with Crippen LogP contribution in [0.1, 0.15) is 10.4 Å². The number of hydrogen-bond acceptors (Lipinski definition) is 6. The fraction of sp³-hybridized carbons (Fsp3) is 0.250. The third-order valence-corrected chi connectivity index (χ3v) is 4.76. The van der Waals surface area contributed by atoms with Gasteiger partial charge in [-0.25, -0.2) is 14.2 Å². The molecule has 1 N–H and O–H groups in total. The molecule has 2 heterocycles. The number of fused-ring (bicyclic) bond motifs is 1. The average Bonchev–Trinajstić information content (AvgIpc) is 3.07. The van der Waals surface area contributed by atoms with Gasteiger partial charge in [-0.3, -0.25) is 18.7 Å². The maximum absolute atomic E-state index is 14.0. The number of nitrogens with one attached hydrogen (secondary N) is 1. The molecule has 27 heavy (non-hydrogen) atoms. The number of thioether (sulfide) groups is 1. The summed E-state index contributed by atoms with van der Waals surface area (Å²) in [6.45, 7) is 0. The number of aryl methyl sites for hydroxylation is 1. The van der Waals surface area contributed by atoms with Gasteiger partial charge in [0.25, 0.3) is 5.56 Å². The lowest BCUT2D eigenvalue weighted by molar-refractivity contribution is -0.0000145. The van der Waals surface area contributed by atoms with E-state index in [1.54, 1.807) is 0 Å². The van der Waals surface area contributed by atoms with E-state index >= 15 is 0 Å². The smallest absolute Gasteiger partial charge is 0.332 e. The maximum Gasteiger partial charge on any atom is 0.332 e. The second-order valence-corrected chi connectivity index (χ2v) is 6.47. The lowest BCUT2D eigenvalue weighted by atomic mass is 10.1. The van der Waals surface area contributed by atoms with Gasteiger partial charge in [0.2, 0.25) is 0 Å². The number of hydrogen-bond donors (Lipinski definition) is 1. The predicted octanol–water partition coefficient (Wildman–Crippen LogP) is -1.91. The number of halogens is 2. The van der Waals surface area contributed by atoms with Crippen molar-refractivity contribution in [2.24, 2.45) is 14.1 Å². The van der Waals surface area contributed by atoms with Gasteiger partial charge in [0.15, 0.2) is 22.1 Å². The number of aromatic nitrogens is 4. The van der Waals surface area contributed by atoms with Crippen molar-refractivity contribution in [2.45, 2.75) is 5.16 Å². The summed E-state index contributed by atoms with van der Waals surface area (Å²) >= 11 is 1.02. The number of Topliss-reactive ketones (excluding diaryl/α,β-unsaturated/α-hetero) is 1. The minimum atomic E-state index is -0.671. The molecule has 0 radical (unpaired) electrons. The van der Waals surface area contributed by atoms with Crippen LogP contribution in [0.3, 0.4) is 0 Å². The first kappa shape index (κ1) is 20.9. The number of benzene rings is 1. The van der Waals surface area contributed by atoms with Gasteiger partial charge in [-0.15, -0.1) is 0 Å². The van der Waals surface area contributed by atoms with Crippen molar-refractivity contribution in [2.75, 3.05) is 12.9 Å². The molecule has 3 rings (SSSR count). The zero-order chi connectivity index (χ0) is 19.0. The predicted molar refractivity (Wildman–Crippen MR) is 94.6 cm³/mol. The Labute approximate surface area is 167 Å². The molecule has 0 unspecified atom stereocenters. The van der Waals surface area contributed by atoms with Crippen molar-refractivity contribution in [1.82, 2.24) is 19.1 Å². The minimum absolute atomic E-state index is 0. The Kier molecular flexibility index (Phi) is 6.26. The molecule has 0 fully saturated rings. The van der Waals surface area contributed by atoms with Crippen molar-refractivity contribution in [3.8, 4) is 5.75 Å². The van der Waals surface area contributed by atoms with E-state index in [1.807, 2.05) is 0 Å².